The summed E-state index contributed by atoms with van der Waals surface area (Å²) < 4.78 is 5.96. The highest BCUT2D eigenvalue weighted by Crippen LogP contribution is 2.28. The van der Waals surface area contributed by atoms with E-state index in [4.69, 9.17) is 4.65 Å². The van der Waals surface area contributed by atoms with Crippen LogP contribution in [0.2, 0.25) is 0 Å². The number of fused-ring (bicyclic) bond motifs is 1. The second-order valence-electron chi connectivity index (χ2n) is 7.42. The zero-order chi connectivity index (χ0) is 18.1. The van der Waals surface area contributed by atoms with Crippen LogP contribution in [0, 0.1) is 0 Å². The number of aliphatic hydroxyl groups is 1. The van der Waals surface area contributed by atoms with Gasteiger partial charge in [-0.2, -0.15) is 0 Å². The lowest BCUT2D eigenvalue weighted by molar-refractivity contribution is -0.0893. The SMILES string of the molecule is CC(C)(O)C(C)(C)O[B]c1ccc(-c2ccccc2)c2ccccc12. The lowest BCUT2D eigenvalue weighted by Gasteiger charge is -2.37. The van der Waals surface area contributed by atoms with E-state index in [0.29, 0.717) is 0 Å². The molecule has 0 saturated carbocycles. The fourth-order valence-electron chi connectivity index (χ4n) is 2.65. The second-order valence-corrected chi connectivity index (χ2v) is 7.42. The Hall–Kier alpha value is -2.10. The Morgan fingerprint density at radius 3 is 2.00 bits per heavy atom. The lowest BCUT2D eigenvalue weighted by atomic mass is 9.79. The lowest BCUT2D eigenvalue weighted by Crippen LogP contribution is -2.49. The van der Waals surface area contributed by atoms with Crippen molar-refractivity contribution in [3.8, 4) is 11.1 Å². The summed E-state index contributed by atoms with van der Waals surface area (Å²) >= 11 is 0. The van der Waals surface area contributed by atoms with Gasteiger partial charge in [-0.05, 0) is 55.1 Å². The largest absolute Gasteiger partial charge is 0.427 e. The molecule has 1 N–H and O–H groups in total. The standard InChI is InChI=1S/C22H24BO2/c1-21(2,24)22(3,4)25-23-20-15-14-17(16-10-6-5-7-11-16)18-12-8-9-13-19(18)20/h5-15,24H,1-4H3. The number of rotatable bonds is 5. The van der Waals surface area contributed by atoms with Crippen LogP contribution in [0.1, 0.15) is 27.7 Å². The molecule has 3 aromatic carbocycles. The van der Waals surface area contributed by atoms with Gasteiger partial charge in [0.15, 0.2) is 0 Å². The minimum atomic E-state index is -0.941. The van der Waals surface area contributed by atoms with E-state index in [1.54, 1.807) is 21.3 Å². The third-order valence-corrected chi connectivity index (χ3v) is 5.00. The van der Waals surface area contributed by atoms with Gasteiger partial charge in [-0.3, -0.25) is 0 Å². The van der Waals surface area contributed by atoms with E-state index in [2.05, 4.69) is 54.6 Å². The Bertz CT molecular complexity index is 864. The highest BCUT2D eigenvalue weighted by atomic mass is 16.5. The molecule has 127 valence electrons. The van der Waals surface area contributed by atoms with Gasteiger partial charge in [0, 0.05) is 0 Å². The van der Waals surface area contributed by atoms with Crippen molar-refractivity contribution in [2.45, 2.75) is 38.9 Å². The topological polar surface area (TPSA) is 29.5 Å². The summed E-state index contributed by atoms with van der Waals surface area (Å²) in [5.41, 5.74) is 1.78. The van der Waals surface area contributed by atoms with Crippen LogP contribution in [0.25, 0.3) is 21.9 Å². The van der Waals surface area contributed by atoms with Crippen LogP contribution in [-0.2, 0) is 4.65 Å². The Labute approximate surface area is 150 Å². The molecule has 0 bridgehead atoms. The Balaban J connectivity index is 1.99. The summed E-state index contributed by atoms with van der Waals surface area (Å²) in [7, 11) is 1.76. The predicted molar refractivity (Wildman–Crippen MR) is 106 cm³/mol. The van der Waals surface area contributed by atoms with Crippen molar-refractivity contribution in [3.63, 3.8) is 0 Å². The average Bonchev–Trinajstić information content (AvgIpc) is 2.59. The summed E-state index contributed by atoms with van der Waals surface area (Å²) in [5, 5.41) is 12.6. The number of benzene rings is 3. The van der Waals surface area contributed by atoms with Crippen molar-refractivity contribution in [3.05, 3.63) is 66.7 Å². The van der Waals surface area contributed by atoms with Gasteiger partial charge in [0.2, 0.25) is 0 Å². The van der Waals surface area contributed by atoms with Gasteiger partial charge in [-0.25, -0.2) is 0 Å². The van der Waals surface area contributed by atoms with E-state index < -0.39 is 11.2 Å². The molecule has 2 nitrogen and oxygen atoms in total. The van der Waals surface area contributed by atoms with E-state index >= 15 is 0 Å². The summed E-state index contributed by atoms with van der Waals surface area (Å²) in [4.78, 5) is 0. The summed E-state index contributed by atoms with van der Waals surface area (Å²) in [6, 6.07) is 22.9. The van der Waals surface area contributed by atoms with Crippen LogP contribution in [0.4, 0.5) is 0 Å². The molecule has 0 heterocycles. The molecule has 3 aromatic rings. The molecule has 0 aliphatic carbocycles. The Morgan fingerprint density at radius 2 is 1.36 bits per heavy atom. The summed E-state index contributed by atoms with van der Waals surface area (Å²) in [6.07, 6.45) is 0. The van der Waals surface area contributed by atoms with Gasteiger partial charge in [0.25, 0.3) is 0 Å². The highest BCUT2D eigenvalue weighted by molar-refractivity contribution is 6.51. The zero-order valence-corrected chi connectivity index (χ0v) is 15.3. The monoisotopic (exact) mass is 331 g/mol. The first-order valence-corrected chi connectivity index (χ1v) is 8.60. The molecule has 0 aliphatic rings. The highest BCUT2D eigenvalue weighted by Gasteiger charge is 2.35. The molecule has 0 spiro atoms. The predicted octanol–water partition coefficient (Wildman–Crippen LogP) is 4.32. The number of hydrogen-bond donors (Lipinski definition) is 1. The van der Waals surface area contributed by atoms with Crippen LogP contribution in [0.3, 0.4) is 0 Å². The van der Waals surface area contributed by atoms with Crippen molar-refractivity contribution >= 4 is 23.7 Å². The van der Waals surface area contributed by atoms with Crippen LogP contribution in [-0.4, -0.2) is 23.8 Å². The maximum atomic E-state index is 10.3. The van der Waals surface area contributed by atoms with Crippen LogP contribution in [0.15, 0.2) is 66.7 Å². The second kappa shape index (κ2) is 6.66. The van der Waals surface area contributed by atoms with Crippen molar-refractivity contribution in [1.29, 1.82) is 0 Å². The molecular weight excluding hydrogens is 307 g/mol. The van der Waals surface area contributed by atoms with Crippen LogP contribution < -0.4 is 5.46 Å². The first-order chi connectivity index (χ1) is 11.8. The molecule has 0 aromatic heterocycles. The fraction of sp³-hybridized carbons (Fsp3) is 0.273. The maximum Gasteiger partial charge on any atom is 0.331 e. The van der Waals surface area contributed by atoms with E-state index in [1.165, 1.54) is 16.5 Å². The van der Waals surface area contributed by atoms with E-state index in [-0.39, 0.29) is 0 Å². The van der Waals surface area contributed by atoms with Gasteiger partial charge in [0.1, 0.15) is 0 Å². The molecule has 0 fully saturated rings. The van der Waals surface area contributed by atoms with Crippen molar-refractivity contribution < 1.29 is 9.76 Å². The third kappa shape index (κ3) is 3.63. The smallest absolute Gasteiger partial charge is 0.331 e. The molecule has 3 heteroatoms. The van der Waals surface area contributed by atoms with Gasteiger partial charge in [-0.1, -0.05) is 66.7 Å². The van der Waals surface area contributed by atoms with Gasteiger partial charge < -0.3 is 9.76 Å². The van der Waals surface area contributed by atoms with Crippen molar-refractivity contribution in [2.24, 2.45) is 0 Å². The summed E-state index contributed by atoms with van der Waals surface area (Å²) in [6.45, 7) is 7.31. The Morgan fingerprint density at radius 1 is 0.760 bits per heavy atom. The van der Waals surface area contributed by atoms with E-state index in [1.807, 2.05) is 26.0 Å². The first kappa shape index (κ1) is 17.7. The van der Waals surface area contributed by atoms with Gasteiger partial charge >= 0.3 is 7.48 Å². The third-order valence-electron chi connectivity index (χ3n) is 5.00. The normalized spacial score (nSPS) is 12.4. The van der Waals surface area contributed by atoms with E-state index in [0.717, 1.165) is 10.8 Å². The fourth-order valence-corrected chi connectivity index (χ4v) is 2.65. The van der Waals surface area contributed by atoms with Crippen LogP contribution in [0.5, 0.6) is 0 Å². The zero-order valence-electron chi connectivity index (χ0n) is 15.3. The quantitative estimate of drug-likeness (QED) is 0.706. The molecular formula is C22H24BO2. The van der Waals surface area contributed by atoms with E-state index in [9.17, 15) is 5.11 Å². The van der Waals surface area contributed by atoms with Gasteiger partial charge in [0.05, 0.1) is 11.2 Å². The molecule has 0 amide bonds. The molecule has 0 atom stereocenters. The van der Waals surface area contributed by atoms with Crippen LogP contribution >= 0.6 is 0 Å². The molecule has 0 saturated heterocycles. The maximum absolute atomic E-state index is 10.3. The van der Waals surface area contributed by atoms with Crippen molar-refractivity contribution in [1.82, 2.24) is 0 Å². The molecule has 25 heavy (non-hydrogen) atoms. The molecule has 0 aliphatic heterocycles. The molecule has 3 rings (SSSR count). The number of hydrogen-bond acceptors (Lipinski definition) is 2. The minimum absolute atomic E-state index is 0.688. The van der Waals surface area contributed by atoms with Crippen molar-refractivity contribution in [2.75, 3.05) is 0 Å². The average molecular weight is 331 g/mol. The molecule has 1 radical (unpaired) electrons. The van der Waals surface area contributed by atoms with Gasteiger partial charge in [-0.15, -0.1) is 0 Å². The molecule has 0 unspecified atom stereocenters. The summed E-state index contributed by atoms with van der Waals surface area (Å²) in [5.74, 6) is 0. The Kier molecular flexibility index (Phi) is 4.72. The first-order valence-electron chi connectivity index (χ1n) is 8.60. The minimum Gasteiger partial charge on any atom is -0.427 e.